The summed E-state index contributed by atoms with van der Waals surface area (Å²) in [5, 5.41) is 3.52. The van der Waals surface area contributed by atoms with E-state index in [9.17, 15) is 4.79 Å². The fraction of sp³-hybridized carbons (Fsp3) is 0.538. The lowest BCUT2D eigenvalue weighted by Crippen LogP contribution is -2.41. The second-order valence-corrected chi connectivity index (χ2v) is 5.10. The lowest BCUT2D eigenvalue weighted by molar-refractivity contribution is 0.0910. The quantitative estimate of drug-likeness (QED) is 0.879. The lowest BCUT2D eigenvalue weighted by Gasteiger charge is -2.29. The van der Waals surface area contributed by atoms with Gasteiger partial charge in [-0.25, -0.2) is 0 Å². The summed E-state index contributed by atoms with van der Waals surface area (Å²) in [6.07, 6.45) is 7.81. The van der Waals surface area contributed by atoms with Crippen molar-refractivity contribution in [3.63, 3.8) is 0 Å². The maximum atomic E-state index is 12.0. The van der Waals surface area contributed by atoms with Gasteiger partial charge in [0.1, 0.15) is 0 Å². The minimum absolute atomic E-state index is 0.109. The van der Waals surface area contributed by atoms with Crippen LogP contribution in [0, 0.1) is 5.92 Å². The predicted octanol–water partition coefficient (Wildman–Crippen LogP) is 3.04. The largest absolute Gasteiger partial charge is 0.349 e. The average molecular weight is 253 g/mol. The molecule has 0 radical (unpaired) electrons. The zero-order valence-electron chi connectivity index (χ0n) is 9.95. The van der Waals surface area contributed by atoms with Gasteiger partial charge >= 0.3 is 0 Å². The van der Waals surface area contributed by atoms with Crippen LogP contribution in [0.5, 0.6) is 0 Å². The predicted molar refractivity (Wildman–Crippen MR) is 68.1 cm³/mol. The number of nitrogens with zero attached hydrogens (tertiary/aromatic N) is 1. The number of carbonyl (C=O) groups excluding carboxylic acids is 1. The normalized spacial score (nSPS) is 24.4. The summed E-state index contributed by atoms with van der Waals surface area (Å²) in [5.74, 6) is 0.435. The summed E-state index contributed by atoms with van der Waals surface area (Å²) in [4.78, 5) is 16.0. The van der Waals surface area contributed by atoms with Crippen LogP contribution in [0.25, 0.3) is 0 Å². The maximum absolute atomic E-state index is 12.0. The molecule has 2 unspecified atom stereocenters. The SMILES string of the molecule is CC1CCCCC1NC(=O)c1cnccc1Cl. The molecular weight excluding hydrogens is 236 g/mol. The van der Waals surface area contributed by atoms with Crippen molar-refractivity contribution in [1.82, 2.24) is 10.3 Å². The number of hydrogen-bond acceptors (Lipinski definition) is 2. The van der Waals surface area contributed by atoms with E-state index in [1.54, 1.807) is 12.3 Å². The molecule has 1 aliphatic rings. The second kappa shape index (κ2) is 5.50. The molecule has 1 amide bonds. The molecule has 0 bridgehead atoms. The van der Waals surface area contributed by atoms with Crippen LogP contribution in [-0.4, -0.2) is 16.9 Å². The summed E-state index contributed by atoms with van der Waals surface area (Å²) in [7, 11) is 0. The Kier molecular flexibility index (Phi) is 4.00. The van der Waals surface area contributed by atoms with E-state index >= 15 is 0 Å². The van der Waals surface area contributed by atoms with Gasteiger partial charge < -0.3 is 5.32 Å². The number of amides is 1. The molecule has 1 N–H and O–H groups in total. The Balaban J connectivity index is 2.04. The van der Waals surface area contributed by atoms with Crippen LogP contribution in [0.3, 0.4) is 0 Å². The number of halogens is 1. The minimum atomic E-state index is -0.109. The van der Waals surface area contributed by atoms with Crippen LogP contribution in [0.15, 0.2) is 18.5 Å². The highest BCUT2D eigenvalue weighted by Crippen LogP contribution is 2.24. The summed E-state index contributed by atoms with van der Waals surface area (Å²) in [6.45, 7) is 2.19. The van der Waals surface area contributed by atoms with E-state index in [1.165, 1.54) is 25.5 Å². The van der Waals surface area contributed by atoms with Gasteiger partial charge in [0.2, 0.25) is 0 Å². The molecule has 2 atom stereocenters. The first kappa shape index (κ1) is 12.4. The van der Waals surface area contributed by atoms with Crippen molar-refractivity contribution in [1.29, 1.82) is 0 Å². The molecule has 0 spiro atoms. The van der Waals surface area contributed by atoms with Crippen LogP contribution < -0.4 is 5.32 Å². The van der Waals surface area contributed by atoms with E-state index in [0.29, 0.717) is 16.5 Å². The third kappa shape index (κ3) is 2.97. The van der Waals surface area contributed by atoms with Gasteiger partial charge in [0, 0.05) is 18.4 Å². The fourth-order valence-electron chi connectivity index (χ4n) is 2.32. The molecule has 92 valence electrons. The number of aromatic nitrogens is 1. The Morgan fingerprint density at radius 2 is 2.24 bits per heavy atom. The lowest BCUT2D eigenvalue weighted by atomic mass is 9.86. The van der Waals surface area contributed by atoms with Crippen LogP contribution in [-0.2, 0) is 0 Å². The van der Waals surface area contributed by atoms with E-state index in [0.717, 1.165) is 6.42 Å². The molecule has 0 saturated heterocycles. The Labute approximate surface area is 107 Å². The van der Waals surface area contributed by atoms with Crippen molar-refractivity contribution in [3.05, 3.63) is 29.0 Å². The topological polar surface area (TPSA) is 42.0 Å². The zero-order valence-corrected chi connectivity index (χ0v) is 10.7. The monoisotopic (exact) mass is 252 g/mol. The van der Waals surface area contributed by atoms with Crippen LogP contribution in [0.2, 0.25) is 5.02 Å². The summed E-state index contributed by atoms with van der Waals surface area (Å²) < 4.78 is 0. The van der Waals surface area contributed by atoms with Crippen molar-refractivity contribution in [2.24, 2.45) is 5.92 Å². The van der Waals surface area contributed by atoms with Gasteiger partial charge in [0.25, 0.3) is 5.91 Å². The Morgan fingerprint density at radius 1 is 1.47 bits per heavy atom. The zero-order chi connectivity index (χ0) is 12.3. The first-order valence-corrected chi connectivity index (χ1v) is 6.46. The first-order valence-electron chi connectivity index (χ1n) is 6.09. The van der Waals surface area contributed by atoms with Gasteiger partial charge in [-0.2, -0.15) is 0 Å². The van der Waals surface area contributed by atoms with E-state index in [4.69, 9.17) is 11.6 Å². The molecule has 17 heavy (non-hydrogen) atoms. The third-order valence-electron chi connectivity index (χ3n) is 3.44. The Morgan fingerprint density at radius 3 is 2.94 bits per heavy atom. The van der Waals surface area contributed by atoms with E-state index in [2.05, 4.69) is 17.2 Å². The van der Waals surface area contributed by atoms with Crippen LogP contribution >= 0.6 is 11.6 Å². The minimum Gasteiger partial charge on any atom is -0.349 e. The van der Waals surface area contributed by atoms with E-state index < -0.39 is 0 Å². The van der Waals surface area contributed by atoms with E-state index in [1.807, 2.05) is 0 Å². The van der Waals surface area contributed by atoms with Gasteiger partial charge in [-0.05, 0) is 24.8 Å². The van der Waals surface area contributed by atoms with Crippen molar-refractivity contribution in [2.45, 2.75) is 38.6 Å². The number of pyridine rings is 1. The van der Waals surface area contributed by atoms with Gasteiger partial charge in [-0.3, -0.25) is 9.78 Å². The maximum Gasteiger partial charge on any atom is 0.254 e. The highest BCUT2D eigenvalue weighted by molar-refractivity contribution is 6.33. The fourth-order valence-corrected chi connectivity index (χ4v) is 2.51. The van der Waals surface area contributed by atoms with Crippen LogP contribution in [0.4, 0.5) is 0 Å². The molecule has 0 aliphatic heterocycles. The van der Waals surface area contributed by atoms with E-state index in [-0.39, 0.29) is 11.9 Å². The molecule has 0 aromatic carbocycles. The van der Waals surface area contributed by atoms with Gasteiger partial charge in [0.15, 0.2) is 0 Å². The first-order chi connectivity index (χ1) is 8.18. The number of hydrogen-bond donors (Lipinski definition) is 1. The van der Waals surface area contributed by atoms with Crippen molar-refractivity contribution < 1.29 is 4.79 Å². The highest BCUT2D eigenvalue weighted by atomic mass is 35.5. The Bertz CT molecular complexity index is 408. The third-order valence-corrected chi connectivity index (χ3v) is 3.77. The smallest absolute Gasteiger partial charge is 0.254 e. The van der Waals surface area contributed by atoms with Gasteiger partial charge in [-0.15, -0.1) is 0 Å². The Hall–Kier alpha value is -1.09. The van der Waals surface area contributed by atoms with Crippen molar-refractivity contribution >= 4 is 17.5 Å². The molecule has 1 aliphatic carbocycles. The summed E-state index contributed by atoms with van der Waals surface area (Å²) in [6, 6.07) is 1.91. The summed E-state index contributed by atoms with van der Waals surface area (Å²) in [5.41, 5.74) is 0.465. The molecule has 4 heteroatoms. The molecular formula is C13H17ClN2O. The van der Waals surface area contributed by atoms with Crippen molar-refractivity contribution in [2.75, 3.05) is 0 Å². The molecule has 1 heterocycles. The standard InChI is InChI=1S/C13H17ClN2O/c1-9-4-2-3-5-12(9)16-13(17)10-8-15-7-6-11(10)14/h6-9,12H,2-5H2,1H3,(H,16,17). The van der Waals surface area contributed by atoms with Crippen molar-refractivity contribution in [3.8, 4) is 0 Å². The summed E-state index contributed by atoms with van der Waals surface area (Å²) >= 11 is 5.97. The van der Waals surface area contributed by atoms with Crippen LogP contribution in [0.1, 0.15) is 43.0 Å². The molecule has 1 aromatic heterocycles. The van der Waals surface area contributed by atoms with Gasteiger partial charge in [-0.1, -0.05) is 31.4 Å². The number of nitrogens with one attached hydrogen (secondary N) is 1. The molecule has 2 rings (SSSR count). The molecule has 1 fully saturated rings. The van der Waals surface area contributed by atoms with Gasteiger partial charge in [0.05, 0.1) is 10.6 Å². The molecule has 3 nitrogen and oxygen atoms in total. The number of rotatable bonds is 2. The number of carbonyl (C=O) groups is 1. The molecule has 1 aromatic rings. The average Bonchev–Trinajstić information content (AvgIpc) is 2.32. The highest BCUT2D eigenvalue weighted by Gasteiger charge is 2.23. The molecule has 1 saturated carbocycles. The second-order valence-electron chi connectivity index (χ2n) is 4.70.